The van der Waals surface area contributed by atoms with Gasteiger partial charge in [-0.15, -0.1) is 11.3 Å². The van der Waals surface area contributed by atoms with Crippen molar-refractivity contribution in [2.24, 2.45) is 0 Å². The smallest absolute Gasteiger partial charge is 0.266 e. The Kier molecular flexibility index (Phi) is 3.75. The van der Waals surface area contributed by atoms with E-state index in [-0.39, 0.29) is 5.91 Å². The van der Waals surface area contributed by atoms with E-state index in [0.29, 0.717) is 16.3 Å². The molecule has 0 unspecified atom stereocenters. The lowest BCUT2D eigenvalue weighted by atomic mass is 10.3. The molecular formula is C12H8BrN3OS. The molecule has 2 aromatic rings. The van der Waals surface area contributed by atoms with Crippen LogP contribution >= 0.6 is 27.3 Å². The maximum absolute atomic E-state index is 11.9. The number of halogens is 1. The van der Waals surface area contributed by atoms with E-state index < -0.39 is 0 Å². The predicted molar refractivity (Wildman–Crippen MR) is 73.7 cm³/mol. The van der Waals surface area contributed by atoms with Gasteiger partial charge in [0, 0.05) is 6.20 Å². The molecule has 6 heteroatoms. The van der Waals surface area contributed by atoms with Gasteiger partial charge in [0.1, 0.15) is 11.9 Å². The molecule has 1 N–H and O–H groups in total. The van der Waals surface area contributed by atoms with Gasteiger partial charge in [-0.1, -0.05) is 0 Å². The lowest BCUT2D eigenvalue weighted by Crippen LogP contribution is -2.11. The van der Waals surface area contributed by atoms with Crippen molar-refractivity contribution in [2.45, 2.75) is 6.92 Å². The van der Waals surface area contributed by atoms with Crippen molar-refractivity contribution < 1.29 is 4.79 Å². The number of carbonyl (C=O) groups is 1. The zero-order chi connectivity index (χ0) is 13.1. The zero-order valence-corrected chi connectivity index (χ0v) is 11.8. The fraction of sp³-hybridized carbons (Fsp3) is 0.0833. The Morgan fingerprint density at radius 1 is 1.56 bits per heavy atom. The van der Waals surface area contributed by atoms with Crippen LogP contribution in [0.2, 0.25) is 0 Å². The molecular weight excluding hydrogens is 314 g/mol. The normalized spacial score (nSPS) is 9.83. The molecule has 0 atom stereocenters. The highest BCUT2D eigenvalue weighted by atomic mass is 79.9. The number of rotatable bonds is 2. The Balaban J connectivity index is 2.13. The molecule has 0 aliphatic carbocycles. The first kappa shape index (κ1) is 12.7. The molecule has 0 fully saturated rings. The molecule has 0 aliphatic heterocycles. The van der Waals surface area contributed by atoms with E-state index in [4.69, 9.17) is 5.26 Å². The third-order valence-electron chi connectivity index (χ3n) is 2.22. The lowest BCUT2D eigenvalue weighted by molar-refractivity contribution is 0.103. The van der Waals surface area contributed by atoms with Gasteiger partial charge in [0.05, 0.1) is 14.2 Å². The van der Waals surface area contributed by atoms with Crippen molar-refractivity contribution in [1.29, 1.82) is 5.26 Å². The molecule has 0 spiro atoms. The highest BCUT2D eigenvalue weighted by Gasteiger charge is 2.11. The van der Waals surface area contributed by atoms with E-state index >= 15 is 0 Å². The molecule has 2 heterocycles. The number of aromatic nitrogens is 1. The van der Waals surface area contributed by atoms with Gasteiger partial charge >= 0.3 is 0 Å². The minimum absolute atomic E-state index is 0.203. The highest BCUT2D eigenvalue weighted by Crippen LogP contribution is 2.27. The minimum Gasteiger partial charge on any atom is -0.306 e. The number of pyridine rings is 1. The van der Waals surface area contributed by atoms with Crippen LogP contribution in [-0.4, -0.2) is 10.9 Å². The summed E-state index contributed by atoms with van der Waals surface area (Å²) in [5.74, 6) is 0.229. The fourth-order valence-electron chi connectivity index (χ4n) is 1.28. The standard InChI is InChI=1S/C12H8BrN3OS/c1-7-4-9(18-11(7)13)12(17)16-10-3-2-8(5-14)6-15-10/h2-4,6H,1H3,(H,15,16,17). The second kappa shape index (κ2) is 5.29. The van der Waals surface area contributed by atoms with E-state index in [9.17, 15) is 4.79 Å². The van der Waals surface area contributed by atoms with Crippen LogP contribution in [0, 0.1) is 18.3 Å². The Hall–Kier alpha value is -1.71. The molecule has 0 aromatic carbocycles. The number of carbonyl (C=O) groups excluding carboxylic acids is 1. The average molecular weight is 322 g/mol. The summed E-state index contributed by atoms with van der Waals surface area (Å²) in [6.45, 7) is 1.93. The summed E-state index contributed by atoms with van der Waals surface area (Å²) < 4.78 is 0.945. The molecule has 2 aromatic heterocycles. The fourth-order valence-corrected chi connectivity index (χ4v) is 2.71. The van der Waals surface area contributed by atoms with Gasteiger partial charge < -0.3 is 5.32 Å². The van der Waals surface area contributed by atoms with Crippen LogP contribution in [0.4, 0.5) is 5.82 Å². The Labute approximate surface area is 116 Å². The van der Waals surface area contributed by atoms with Gasteiger partial charge in [0.15, 0.2) is 0 Å². The summed E-state index contributed by atoms with van der Waals surface area (Å²) in [5.41, 5.74) is 1.49. The number of hydrogen-bond donors (Lipinski definition) is 1. The number of nitrogens with one attached hydrogen (secondary N) is 1. The van der Waals surface area contributed by atoms with Crippen LogP contribution in [0.1, 0.15) is 20.8 Å². The van der Waals surface area contributed by atoms with Crippen molar-refractivity contribution in [2.75, 3.05) is 5.32 Å². The molecule has 4 nitrogen and oxygen atoms in total. The lowest BCUT2D eigenvalue weighted by Gasteiger charge is -2.01. The number of amides is 1. The summed E-state index contributed by atoms with van der Waals surface area (Å²) in [6.07, 6.45) is 1.42. The maximum Gasteiger partial charge on any atom is 0.266 e. The summed E-state index contributed by atoms with van der Waals surface area (Å²) in [4.78, 5) is 16.5. The quantitative estimate of drug-likeness (QED) is 0.922. The Bertz CT molecular complexity index is 608. The third kappa shape index (κ3) is 2.75. The molecule has 0 saturated carbocycles. The average Bonchev–Trinajstić information content (AvgIpc) is 2.71. The van der Waals surface area contributed by atoms with Gasteiger partial charge in [0.25, 0.3) is 5.91 Å². The first-order valence-corrected chi connectivity index (χ1v) is 6.64. The van der Waals surface area contributed by atoms with Crippen LogP contribution in [-0.2, 0) is 0 Å². The van der Waals surface area contributed by atoms with Gasteiger partial charge in [-0.25, -0.2) is 4.98 Å². The summed E-state index contributed by atoms with van der Waals surface area (Å²) in [5, 5.41) is 11.3. The summed E-state index contributed by atoms with van der Waals surface area (Å²) in [7, 11) is 0. The van der Waals surface area contributed by atoms with Gasteiger partial charge in [-0.05, 0) is 46.6 Å². The molecule has 2 rings (SSSR count). The number of hydrogen-bond acceptors (Lipinski definition) is 4. The highest BCUT2D eigenvalue weighted by molar-refractivity contribution is 9.11. The van der Waals surface area contributed by atoms with E-state index in [1.807, 2.05) is 19.1 Å². The summed E-state index contributed by atoms with van der Waals surface area (Å²) >= 11 is 4.75. The molecule has 0 aliphatic rings. The number of nitrogens with zero attached hydrogens (tertiary/aromatic N) is 2. The van der Waals surface area contributed by atoms with Crippen LogP contribution in [0.3, 0.4) is 0 Å². The number of anilines is 1. The second-order valence-corrected chi connectivity index (χ2v) is 5.94. The first-order valence-electron chi connectivity index (χ1n) is 5.03. The van der Waals surface area contributed by atoms with Crippen molar-refractivity contribution in [3.63, 3.8) is 0 Å². The minimum atomic E-state index is -0.203. The summed E-state index contributed by atoms with van der Waals surface area (Å²) in [6, 6.07) is 7.00. The van der Waals surface area contributed by atoms with Gasteiger partial charge in [-0.3, -0.25) is 4.79 Å². The monoisotopic (exact) mass is 321 g/mol. The number of aryl methyl sites for hydroxylation is 1. The SMILES string of the molecule is Cc1cc(C(=O)Nc2ccc(C#N)cn2)sc1Br. The van der Waals surface area contributed by atoms with Crippen molar-refractivity contribution >= 4 is 39.0 Å². The Morgan fingerprint density at radius 3 is 2.83 bits per heavy atom. The molecule has 90 valence electrons. The molecule has 0 radical (unpaired) electrons. The van der Waals surface area contributed by atoms with Crippen molar-refractivity contribution in [3.8, 4) is 6.07 Å². The maximum atomic E-state index is 11.9. The molecule has 0 saturated heterocycles. The second-order valence-electron chi connectivity index (χ2n) is 3.57. The van der Waals surface area contributed by atoms with Crippen LogP contribution in [0.15, 0.2) is 28.2 Å². The van der Waals surface area contributed by atoms with Gasteiger partial charge in [0.2, 0.25) is 0 Å². The Morgan fingerprint density at radius 2 is 2.33 bits per heavy atom. The number of nitriles is 1. The largest absolute Gasteiger partial charge is 0.306 e. The molecule has 1 amide bonds. The topological polar surface area (TPSA) is 65.8 Å². The third-order valence-corrected chi connectivity index (χ3v) is 4.35. The zero-order valence-electron chi connectivity index (χ0n) is 9.40. The number of thiophene rings is 1. The van der Waals surface area contributed by atoms with E-state index in [1.165, 1.54) is 17.5 Å². The van der Waals surface area contributed by atoms with Gasteiger partial charge in [-0.2, -0.15) is 5.26 Å². The first-order chi connectivity index (χ1) is 8.60. The molecule has 0 bridgehead atoms. The predicted octanol–water partition coefficient (Wildman–Crippen LogP) is 3.34. The van der Waals surface area contributed by atoms with E-state index in [1.54, 1.807) is 12.1 Å². The molecule has 18 heavy (non-hydrogen) atoms. The van der Waals surface area contributed by atoms with Crippen LogP contribution in [0.5, 0.6) is 0 Å². The van der Waals surface area contributed by atoms with Crippen LogP contribution < -0.4 is 5.32 Å². The van der Waals surface area contributed by atoms with E-state index in [2.05, 4.69) is 26.2 Å². The van der Waals surface area contributed by atoms with Crippen molar-refractivity contribution in [1.82, 2.24) is 4.98 Å². The van der Waals surface area contributed by atoms with Crippen molar-refractivity contribution in [3.05, 3.63) is 44.2 Å². The van der Waals surface area contributed by atoms with E-state index in [0.717, 1.165) is 9.35 Å². The van der Waals surface area contributed by atoms with Crippen LogP contribution in [0.25, 0.3) is 0 Å².